The number of hydrogen-bond acceptors (Lipinski definition) is 3. The average Bonchev–Trinajstić information content (AvgIpc) is 2.35. The number of amides is 1. The van der Waals surface area contributed by atoms with Crippen molar-refractivity contribution < 1.29 is 14.7 Å². The van der Waals surface area contributed by atoms with Crippen LogP contribution in [0.2, 0.25) is 0 Å². The maximum atomic E-state index is 11.9. The topological polar surface area (TPSA) is 79.3 Å². The van der Waals surface area contributed by atoms with Gasteiger partial charge in [0, 0.05) is 5.39 Å². The second-order valence-corrected chi connectivity index (χ2v) is 4.39. The highest BCUT2D eigenvalue weighted by Crippen LogP contribution is 2.17. The highest BCUT2D eigenvalue weighted by atomic mass is 16.4. The summed E-state index contributed by atoms with van der Waals surface area (Å²) < 4.78 is 0. The maximum absolute atomic E-state index is 11.9. The van der Waals surface area contributed by atoms with E-state index in [-0.39, 0.29) is 0 Å². The fourth-order valence-electron chi connectivity index (χ4n) is 1.85. The Balaban J connectivity index is 2.38. The minimum atomic E-state index is -1.07. The molecule has 0 spiro atoms. The molecule has 1 aromatic heterocycles. The smallest absolute Gasteiger partial charge is 0.322 e. The van der Waals surface area contributed by atoms with Gasteiger partial charge in [0.2, 0.25) is 0 Å². The Morgan fingerprint density at radius 1 is 1.26 bits per heavy atom. The zero-order valence-electron chi connectivity index (χ0n) is 10.7. The molecule has 98 valence electrons. The zero-order valence-corrected chi connectivity index (χ0v) is 10.7. The van der Waals surface area contributed by atoms with E-state index >= 15 is 0 Å². The number of pyridine rings is 1. The SMILES string of the molecule is Cc1ccc2cc(C(=O)NCC(=O)O)c(C)nc2c1. The molecule has 2 rings (SSSR count). The molecule has 0 aliphatic carbocycles. The number of nitrogens with zero attached hydrogens (tertiary/aromatic N) is 1. The highest BCUT2D eigenvalue weighted by molar-refractivity contribution is 5.99. The third-order valence-corrected chi connectivity index (χ3v) is 2.81. The van der Waals surface area contributed by atoms with Gasteiger partial charge >= 0.3 is 5.97 Å². The number of aromatic nitrogens is 1. The minimum Gasteiger partial charge on any atom is -0.480 e. The Morgan fingerprint density at radius 3 is 2.68 bits per heavy atom. The summed E-state index contributed by atoms with van der Waals surface area (Å²) in [7, 11) is 0. The molecule has 2 N–H and O–H groups in total. The summed E-state index contributed by atoms with van der Waals surface area (Å²) in [6.07, 6.45) is 0. The van der Waals surface area contributed by atoms with Crippen LogP contribution in [0.15, 0.2) is 24.3 Å². The van der Waals surface area contributed by atoms with Gasteiger partial charge in [0.15, 0.2) is 0 Å². The van der Waals surface area contributed by atoms with Crippen molar-refractivity contribution in [2.75, 3.05) is 6.54 Å². The number of carbonyl (C=O) groups is 2. The van der Waals surface area contributed by atoms with E-state index in [1.54, 1.807) is 13.0 Å². The van der Waals surface area contributed by atoms with Gasteiger partial charge in [-0.05, 0) is 31.5 Å². The van der Waals surface area contributed by atoms with E-state index in [4.69, 9.17) is 5.11 Å². The van der Waals surface area contributed by atoms with Crippen molar-refractivity contribution in [2.24, 2.45) is 0 Å². The summed E-state index contributed by atoms with van der Waals surface area (Å²) in [5.74, 6) is -1.50. The quantitative estimate of drug-likeness (QED) is 0.877. The van der Waals surface area contributed by atoms with Crippen LogP contribution in [-0.4, -0.2) is 28.5 Å². The number of benzene rings is 1. The fraction of sp³-hybridized carbons (Fsp3) is 0.214. The average molecular weight is 258 g/mol. The van der Waals surface area contributed by atoms with Gasteiger partial charge in [-0.3, -0.25) is 14.6 Å². The molecule has 0 radical (unpaired) electrons. The van der Waals surface area contributed by atoms with Crippen molar-refractivity contribution >= 4 is 22.8 Å². The van der Waals surface area contributed by atoms with Gasteiger partial charge in [-0.25, -0.2) is 0 Å². The van der Waals surface area contributed by atoms with Crippen LogP contribution >= 0.6 is 0 Å². The van der Waals surface area contributed by atoms with Gasteiger partial charge < -0.3 is 10.4 Å². The molecule has 1 amide bonds. The first-order valence-electron chi connectivity index (χ1n) is 5.85. The third-order valence-electron chi connectivity index (χ3n) is 2.81. The summed E-state index contributed by atoms with van der Waals surface area (Å²) in [5.41, 5.74) is 2.91. The largest absolute Gasteiger partial charge is 0.480 e. The molecule has 1 heterocycles. The van der Waals surface area contributed by atoms with E-state index in [1.165, 1.54) is 0 Å². The first-order valence-corrected chi connectivity index (χ1v) is 5.85. The van der Waals surface area contributed by atoms with Crippen molar-refractivity contribution in [2.45, 2.75) is 13.8 Å². The van der Waals surface area contributed by atoms with E-state index in [1.807, 2.05) is 25.1 Å². The Morgan fingerprint density at radius 2 is 2.00 bits per heavy atom. The molecular weight excluding hydrogens is 244 g/mol. The molecule has 5 heteroatoms. The predicted octanol–water partition coefficient (Wildman–Crippen LogP) is 1.67. The summed E-state index contributed by atoms with van der Waals surface area (Å²) in [4.78, 5) is 26.7. The fourth-order valence-corrected chi connectivity index (χ4v) is 1.85. The van der Waals surface area contributed by atoms with Crippen molar-refractivity contribution in [3.63, 3.8) is 0 Å². The molecular formula is C14H14N2O3. The summed E-state index contributed by atoms with van der Waals surface area (Å²) in [6, 6.07) is 7.51. The lowest BCUT2D eigenvalue weighted by molar-refractivity contribution is -0.135. The molecule has 2 aromatic rings. The number of nitrogens with one attached hydrogen (secondary N) is 1. The number of aliphatic carboxylic acids is 1. The maximum Gasteiger partial charge on any atom is 0.322 e. The number of carbonyl (C=O) groups excluding carboxylic acids is 1. The molecule has 1 aromatic carbocycles. The number of hydrogen-bond donors (Lipinski definition) is 2. The molecule has 0 fully saturated rings. The van der Waals surface area contributed by atoms with Crippen molar-refractivity contribution in [3.8, 4) is 0 Å². The number of carboxylic acids is 1. The van der Waals surface area contributed by atoms with E-state index in [0.717, 1.165) is 16.5 Å². The van der Waals surface area contributed by atoms with Crippen LogP contribution in [0.25, 0.3) is 10.9 Å². The normalized spacial score (nSPS) is 10.4. The Labute approximate surface area is 110 Å². The molecule has 0 atom stereocenters. The Hall–Kier alpha value is -2.43. The van der Waals surface area contributed by atoms with Gasteiger partial charge in [0.25, 0.3) is 5.91 Å². The lowest BCUT2D eigenvalue weighted by Gasteiger charge is -2.08. The van der Waals surface area contributed by atoms with Crippen molar-refractivity contribution in [3.05, 3.63) is 41.1 Å². The van der Waals surface area contributed by atoms with Gasteiger partial charge in [-0.15, -0.1) is 0 Å². The summed E-state index contributed by atoms with van der Waals surface area (Å²) >= 11 is 0. The van der Waals surface area contributed by atoms with Crippen molar-refractivity contribution in [1.29, 1.82) is 0 Å². The standard InChI is InChI=1S/C14H14N2O3/c1-8-3-4-10-6-11(9(2)16-12(10)5-8)14(19)15-7-13(17)18/h3-6H,7H2,1-2H3,(H,15,19)(H,17,18). The van der Waals surface area contributed by atoms with E-state index in [2.05, 4.69) is 10.3 Å². The summed E-state index contributed by atoms with van der Waals surface area (Å²) in [5, 5.41) is 11.7. The van der Waals surface area contributed by atoms with Gasteiger partial charge in [0.05, 0.1) is 16.8 Å². The van der Waals surface area contributed by atoms with Crippen LogP contribution in [0.1, 0.15) is 21.6 Å². The van der Waals surface area contributed by atoms with Crippen LogP contribution in [0.5, 0.6) is 0 Å². The zero-order chi connectivity index (χ0) is 14.0. The van der Waals surface area contributed by atoms with Crippen LogP contribution in [0, 0.1) is 13.8 Å². The lowest BCUT2D eigenvalue weighted by Crippen LogP contribution is -2.29. The van der Waals surface area contributed by atoms with E-state index < -0.39 is 18.4 Å². The van der Waals surface area contributed by atoms with Gasteiger partial charge in [-0.1, -0.05) is 12.1 Å². The Kier molecular flexibility index (Phi) is 3.46. The van der Waals surface area contributed by atoms with E-state index in [9.17, 15) is 9.59 Å². The second kappa shape index (κ2) is 5.06. The molecule has 0 saturated heterocycles. The molecule has 0 aliphatic rings. The minimum absolute atomic E-state index is 0.399. The van der Waals surface area contributed by atoms with Crippen LogP contribution in [0.4, 0.5) is 0 Å². The Bertz CT molecular complexity index is 665. The second-order valence-electron chi connectivity index (χ2n) is 4.39. The molecule has 0 unspecified atom stereocenters. The summed E-state index contributed by atoms with van der Waals surface area (Å²) in [6.45, 7) is 3.31. The third kappa shape index (κ3) is 2.88. The monoisotopic (exact) mass is 258 g/mol. The van der Waals surface area contributed by atoms with Crippen LogP contribution < -0.4 is 5.32 Å². The first-order chi connectivity index (χ1) is 8.97. The molecule has 5 nitrogen and oxygen atoms in total. The molecule has 0 saturated carbocycles. The number of aryl methyl sites for hydroxylation is 2. The number of rotatable bonds is 3. The van der Waals surface area contributed by atoms with Gasteiger partial charge in [0.1, 0.15) is 6.54 Å². The lowest BCUT2D eigenvalue weighted by atomic mass is 10.1. The predicted molar refractivity (Wildman–Crippen MR) is 71.2 cm³/mol. The molecule has 0 aliphatic heterocycles. The van der Waals surface area contributed by atoms with Gasteiger partial charge in [-0.2, -0.15) is 0 Å². The van der Waals surface area contributed by atoms with Crippen molar-refractivity contribution in [1.82, 2.24) is 10.3 Å². The van der Waals surface area contributed by atoms with Crippen LogP contribution in [-0.2, 0) is 4.79 Å². The number of fused-ring (bicyclic) bond motifs is 1. The molecule has 0 bridgehead atoms. The van der Waals surface area contributed by atoms with E-state index in [0.29, 0.717) is 11.3 Å². The number of carboxylic acid groups (broad SMARTS) is 1. The highest BCUT2D eigenvalue weighted by Gasteiger charge is 2.12. The molecule has 19 heavy (non-hydrogen) atoms. The first kappa shape index (κ1) is 13.0. The van der Waals surface area contributed by atoms with Crippen LogP contribution in [0.3, 0.4) is 0 Å².